The summed E-state index contributed by atoms with van der Waals surface area (Å²) in [7, 11) is 0. The zero-order chi connectivity index (χ0) is 17.8. The molecule has 0 bridgehead atoms. The molecule has 1 aliphatic heterocycles. The molecule has 0 saturated carbocycles. The van der Waals surface area contributed by atoms with E-state index in [2.05, 4.69) is 5.32 Å². The van der Waals surface area contributed by atoms with Crippen molar-refractivity contribution in [3.63, 3.8) is 0 Å². The molecule has 25 heavy (non-hydrogen) atoms. The highest BCUT2D eigenvalue weighted by molar-refractivity contribution is 6.30. The molecule has 1 saturated heterocycles. The minimum atomic E-state index is -0.628. The lowest BCUT2D eigenvalue weighted by Crippen LogP contribution is -2.53. The van der Waals surface area contributed by atoms with Crippen molar-refractivity contribution in [2.75, 3.05) is 19.7 Å². The van der Waals surface area contributed by atoms with Crippen LogP contribution < -0.4 is 10.1 Å². The molecule has 1 unspecified atom stereocenters. The molecule has 0 radical (unpaired) electrons. The van der Waals surface area contributed by atoms with E-state index in [1.807, 2.05) is 31.2 Å². The summed E-state index contributed by atoms with van der Waals surface area (Å²) in [6.45, 7) is 2.70. The number of nitrogens with zero attached hydrogens (tertiary/aromatic N) is 1. The van der Waals surface area contributed by atoms with Gasteiger partial charge < -0.3 is 15.0 Å². The lowest BCUT2D eigenvalue weighted by atomic mass is 9.97. The van der Waals surface area contributed by atoms with Gasteiger partial charge in [0.15, 0.2) is 6.61 Å². The Kier molecular flexibility index (Phi) is 5.24. The Morgan fingerprint density at radius 2 is 1.96 bits per heavy atom. The van der Waals surface area contributed by atoms with Crippen LogP contribution in [0.5, 0.6) is 5.75 Å². The van der Waals surface area contributed by atoms with Crippen molar-refractivity contribution in [2.24, 2.45) is 0 Å². The molecule has 5 nitrogen and oxygen atoms in total. The Morgan fingerprint density at radius 1 is 1.24 bits per heavy atom. The van der Waals surface area contributed by atoms with Gasteiger partial charge in [0.1, 0.15) is 11.8 Å². The number of halogens is 1. The highest BCUT2D eigenvalue weighted by atomic mass is 35.5. The first-order chi connectivity index (χ1) is 12.1. The number of rotatable bonds is 4. The van der Waals surface area contributed by atoms with Crippen molar-refractivity contribution in [3.8, 4) is 5.75 Å². The van der Waals surface area contributed by atoms with Crippen LogP contribution in [0.15, 0.2) is 48.5 Å². The van der Waals surface area contributed by atoms with Crippen LogP contribution in [0.4, 0.5) is 0 Å². The first-order valence-electron chi connectivity index (χ1n) is 8.07. The highest BCUT2D eigenvalue weighted by Gasteiger charge is 2.35. The molecule has 3 rings (SSSR count). The first-order valence-corrected chi connectivity index (χ1v) is 8.45. The van der Waals surface area contributed by atoms with Gasteiger partial charge in [-0.1, -0.05) is 35.9 Å². The molecule has 1 fully saturated rings. The fourth-order valence-electron chi connectivity index (χ4n) is 2.90. The molecule has 2 aromatic rings. The number of piperazine rings is 1. The van der Waals surface area contributed by atoms with Crippen LogP contribution in [0.1, 0.15) is 17.2 Å². The summed E-state index contributed by atoms with van der Waals surface area (Å²) in [4.78, 5) is 26.7. The number of aryl methyl sites for hydroxylation is 1. The predicted molar refractivity (Wildman–Crippen MR) is 95.6 cm³/mol. The van der Waals surface area contributed by atoms with Crippen LogP contribution in [-0.4, -0.2) is 36.4 Å². The standard InChI is InChI=1S/C19H19ClN2O3/c1-13-4-2-3-5-16(13)18-19(24)21-10-11-22(18)17(23)12-25-15-8-6-14(20)7-9-15/h2-9,18H,10-12H2,1H3,(H,21,24). The average molecular weight is 359 g/mol. The monoisotopic (exact) mass is 358 g/mol. The molecule has 2 aromatic carbocycles. The topological polar surface area (TPSA) is 58.6 Å². The van der Waals surface area contributed by atoms with E-state index in [9.17, 15) is 9.59 Å². The molecule has 1 N–H and O–H groups in total. The fraction of sp³-hybridized carbons (Fsp3) is 0.263. The van der Waals surface area contributed by atoms with Crippen molar-refractivity contribution in [1.29, 1.82) is 0 Å². The number of benzene rings is 2. The third kappa shape index (κ3) is 3.94. The molecule has 1 atom stereocenters. The van der Waals surface area contributed by atoms with Crippen molar-refractivity contribution in [1.82, 2.24) is 10.2 Å². The summed E-state index contributed by atoms with van der Waals surface area (Å²) < 4.78 is 5.54. The normalized spacial score (nSPS) is 17.1. The van der Waals surface area contributed by atoms with Crippen LogP contribution in [-0.2, 0) is 9.59 Å². The summed E-state index contributed by atoms with van der Waals surface area (Å²) in [5.74, 6) is 0.171. The van der Waals surface area contributed by atoms with E-state index in [1.165, 1.54) is 0 Å². The molecule has 1 heterocycles. The van der Waals surface area contributed by atoms with Crippen LogP contribution in [0.3, 0.4) is 0 Å². The van der Waals surface area contributed by atoms with E-state index in [-0.39, 0.29) is 18.4 Å². The number of carbonyl (C=O) groups is 2. The number of amides is 2. The Labute approximate surface area is 151 Å². The molecule has 2 amide bonds. The molecular weight excluding hydrogens is 340 g/mol. The highest BCUT2D eigenvalue weighted by Crippen LogP contribution is 2.26. The van der Waals surface area contributed by atoms with E-state index in [4.69, 9.17) is 16.3 Å². The van der Waals surface area contributed by atoms with Gasteiger partial charge in [-0.3, -0.25) is 9.59 Å². The minimum Gasteiger partial charge on any atom is -0.484 e. The Balaban J connectivity index is 1.76. The van der Waals surface area contributed by atoms with Crippen molar-refractivity contribution < 1.29 is 14.3 Å². The number of hydrogen-bond donors (Lipinski definition) is 1. The van der Waals surface area contributed by atoms with Gasteiger partial charge in [-0.15, -0.1) is 0 Å². The van der Waals surface area contributed by atoms with E-state index in [0.29, 0.717) is 23.9 Å². The summed E-state index contributed by atoms with van der Waals surface area (Å²) in [5, 5.41) is 3.44. The van der Waals surface area contributed by atoms with Gasteiger partial charge in [-0.25, -0.2) is 0 Å². The summed E-state index contributed by atoms with van der Waals surface area (Å²) in [6, 6.07) is 13.8. The second-order valence-electron chi connectivity index (χ2n) is 5.88. The van der Waals surface area contributed by atoms with Crippen molar-refractivity contribution >= 4 is 23.4 Å². The smallest absolute Gasteiger partial charge is 0.261 e. The van der Waals surface area contributed by atoms with E-state index in [0.717, 1.165) is 11.1 Å². The molecule has 0 aromatic heterocycles. The summed E-state index contributed by atoms with van der Waals surface area (Å²) >= 11 is 5.84. The minimum absolute atomic E-state index is 0.128. The molecular formula is C19H19ClN2O3. The van der Waals surface area contributed by atoms with Gasteiger partial charge in [0.2, 0.25) is 5.91 Å². The van der Waals surface area contributed by atoms with Gasteiger partial charge in [-0.05, 0) is 42.3 Å². The summed E-state index contributed by atoms with van der Waals surface area (Å²) in [5.41, 5.74) is 1.81. The Morgan fingerprint density at radius 3 is 2.68 bits per heavy atom. The quantitative estimate of drug-likeness (QED) is 0.914. The molecule has 130 valence electrons. The van der Waals surface area contributed by atoms with Crippen molar-refractivity contribution in [3.05, 3.63) is 64.7 Å². The zero-order valence-electron chi connectivity index (χ0n) is 13.9. The average Bonchev–Trinajstić information content (AvgIpc) is 2.61. The van der Waals surface area contributed by atoms with Crippen LogP contribution in [0.2, 0.25) is 5.02 Å². The van der Waals surface area contributed by atoms with Gasteiger partial charge in [-0.2, -0.15) is 0 Å². The second kappa shape index (κ2) is 7.57. The third-order valence-corrected chi connectivity index (χ3v) is 4.44. The van der Waals surface area contributed by atoms with E-state index in [1.54, 1.807) is 29.2 Å². The molecule has 1 aliphatic rings. The maximum Gasteiger partial charge on any atom is 0.261 e. The first kappa shape index (κ1) is 17.3. The van der Waals surface area contributed by atoms with Gasteiger partial charge in [0, 0.05) is 18.1 Å². The zero-order valence-corrected chi connectivity index (χ0v) is 14.6. The molecule has 0 spiro atoms. The van der Waals surface area contributed by atoms with Crippen molar-refractivity contribution in [2.45, 2.75) is 13.0 Å². The van der Waals surface area contributed by atoms with Gasteiger partial charge in [0.05, 0.1) is 0 Å². The number of carbonyl (C=O) groups excluding carboxylic acids is 2. The number of ether oxygens (including phenoxy) is 1. The Bertz CT molecular complexity index is 776. The van der Waals surface area contributed by atoms with Gasteiger partial charge >= 0.3 is 0 Å². The summed E-state index contributed by atoms with van der Waals surface area (Å²) in [6.07, 6.45) is 0. The fourth-order valence-corrected chi connectivity index (χ4v) is 3.02. The third-order valence-electron chi connectivity index (χ3n) is 4.19. The SMILES string of the molecule is Cc1ccccc1C1C(=O)NCCN1C(=O)COc1ccc(Cl)cc1. The van der Waals surface area contributed by atoms with Crippen LogP contribution >= 0.6 is 11.6 Å². The predicted octanol–water partition coefficient (Wildman–Crippen LogP) is 2.73. The van der Waals surface area contributed by atoms with Crippen LogP contribution in [0, 0.1) is 6.92 Å². The second-order valence-corrected chi connectivity index (χ2v) is 6.32. The van der Waals surface area contributed by atoms with Gasteiger partial charge in [0.25, 0.3) is 5.91 Å². The Hall–Kier alpha value is -2.53. The van der Waals surface area contributed by atoms with E-state index < -0.39 is 6.04 Å². The lowest BCUT2D eigenvalue weighted by molar-refractivity contribution is -0.145. The molecule has 6 heteroatoms. The maximum atomic E-state index is 12.7. The van der Waals surface area contributed by atoms with Crippen LogP contribution in [0.25, 0.3) is 0 Å². The lowest BCUT2D eigenvalue weighted by Gasteiger charge is -2.35. The largest absolute Gasteiger partial charge is 0.484 e. The number of hydrogen-bond acceptors (Lipinski definition) is 3. The number of nitrogens with one attached hydrogen (secondary N) is 1. The molecule has 0 aliphatic carbocycles. The van der Waals surface area contributed by atoms with E-state index >= 15 is 0 Å². The maximum absolute atomic E-state index is 12.7.